The molecule has 94 valence electrons. The number of aryl methyl sites for hydroxylation is 1. The number of fused-ring (bicyclic) bond motifs is 3. The molecule has 4 rings (SSSR count). The summed E-state index contributed by atoms with van der Waals surface area (Å²) in [7, 11) is 0. The van der Waals surface area contributed by atoms with Crippen LogP contribution < -0.4 is 5.32 Å². The highest BCUT2D eigenvalue weighted by Gasteiger charge is 2.26. The standard InChI is InChI=1S/C15H13N3S/c1-10-9-13-11-5-2-3-6-12(11)16-15(18(13)17-10)14-7-4-8-19-14/h2-9,15-16H,1H3/t15-/m0/s1. The maximum Gasteiger partial charge on any atom is 0.156 e. The van der Waals surface area contributed by atoms with Gasteiger partial charge in [-0.15, -0.1) is 11.3 Å². The van der Waals surface area contributed by atoms with Crippen LogP contribution in [0.3, 0.4) is 0 Å². The van der Waals surface area contributed by atoms with Gasteiger partial charge >= 0.3 is 0 Å². The third-order valence-electron chi connectivity index (χ3n) is 3.41. The Kier molecular flexibility index (Phi) is 2.26. The highest BCUT2D eigenvalue weighted by molar-refractivity contribution is 7.10. The van der Waals surface area contributed by atoms with E-state index in [-0.39, 0.29) is 6.17 Å². The SMILES string of the molecule is Cc1cc2n(n1)[C@@H](c1cccs1)Nc1ccccc1-2. The van der Waals surface area contributed by atoms with Crippen molar-refractivity contribution >= 4 is 17.0 Å². The Morgan fingerprint density at radius 2 is 2.11 bits per heavy atom. The summed E-state index contributed by atoms with van der Waals surface area (Å²) < 4.78 is 2.09. The molecule has 3 aromatic rings. The van der Waals surface area contributed by atoms with Crippen molar-refractivity contribution in [1.82, 2.24) is 9.78 Å². The molecule has 1 aliphatic heterocycles. The minimum absolute atomic E-state index is 0.0959. The van der Waals surface area contributed by atoms with Gasteiger partial charge in [0, 0.05) is 16.1 Å². The predicted molar refractivity (Wildman–Crippen MR) is 78.5 cm³/mol. The van der Waals surface area contributed by atoms with Crippen molar-refractivity contribution in [2.75, 3.05) is 5.32 Å². The molecule has 0 radical (unpaired) electrons. The highest BCUT2D eigenvalue weighted by atomic mass is 32.1. The van der Waals surface area contributed by atoms with Gasteiger partial charge < -0.3 is 5.32 Å². The largest absolute Gasteiger partial charge is 0.359 e. The van der Waals surface area contributed by atoms with Crippen molar-refractivity contribution in [1.29, 1.82) is 0 Å². The summed E-state index contributed by atoms with van der Waals surface area (Å²) in [6, 6.07) is 14.8. The lowest BCUT2D eigenvalue weighted by Gasteiger charge is -2.28. The molecule has 0 saturated heterocycles. The van der Waals surface area contributed by atoms with Crippen molar-refractivity contribution in [3.05, 3.63) is 58.4 Å². The third kappa shape index (κ3) is 1.60. The monoisotopic (exact) mass is 267 g/mol. The molecule has 1 N–H and O–H groups in total. The Labute approximate surface area is 115 Å². The first kappa shape index (κ1) is 10.8. The van der Waals surface area contributed by atoms with Crippen molar-refractivity contribution in [2.24, 2.45) is 0 Å². The summed E-state index contributed by atoms with van der Waals surface area (Å²) in [6.45, 7) is 2.04. The zero-order chi connectivity index (χ0) is 12.8. The second-order valence-electron chi connectivity index (χ2n) is 4.72. The van der Waals surface area contributed by atoms with E-state index in [1.165, 1.54) is 21.8 Å². The number of para-hydroxylation sites is 1. The number of nitrogens with one attached hydrogen (secondary N) is 1. The average Bonchev–Trinajstić information content (AvgIpc) is 3.06. The Morgan fingerprint density at radius 3 is 2.95 bits per heavy atom. The molecule has 19 heavy (non-hydrogen) atoms. The number of aromatic nitrogens is 2. The fourth-order valence-electron chi connectivity index (χ4n) is 2.59. The molecule has 0 amide bonds. The summed E-state index contributed by atoms with van der Waals surface area (Å²) in [6.07, 6.45) is 0.0959. The quantitative estimate of drug-likeness (QED) is 0.725. The highest BCUT2D eigenvalue weighted by Crippen LogP contribution is 2.39. The van der Waals surface area contributed by atoms with E-state index < -0.39 is 0 Å². The molecular formula is C15H13N3S. The van der Waals surface area contributed by atoms with Crippen LogP contribution in [0.2, 0.25) is 0 Å². The van der Waals surface area contributed by atoms with Crippen molar-refractivity contribution in [2.45, 2.75) is 13.1 Å². The predicted octanol–water partition coefficient (Wildman–Crippen LogP) is 3.89. The zero-order valence-corrected chi connectivity index (χ0v) is 11.3. The van der Waals surface area contributed by atoms with Gasteiger partial charge in [0.15, 0.2) is 6.17 Å². The van der Waals surface area contributed by atoms with Gasteiger partial charge in [0.25, 0.3) is 0 Å². The van der Waals surface area contributed by atoms with Crippen LogP contribution in [0.5, 0.6) is 0 Å². The molecular weight excluding hydrogens is 254 g/mol. The number of rotatable bonds is 1. The fourth-order valence-corrected chi connectivity index (χ4v) is 3.35. The molecule has 3 nitrogen and oxygen atoms in total. The second-order valence-corrected chi connectivity index (χ2v) is 5.70. The first-order chi connectivity index (χ1) is 9.33. The number of hydrogen-bond donors (Lipinski definition) is 1. The summed E-state index contributed by atoms with van der Waals surface area (Å²) in [5.41, 5.74) is 4.63. The molecule has 2 aromatic heterocycles. The maximum absolute atomic E-state index is 4.65. The molecule has 3 heterocycles. The van der Waals surface area contributed by atoms with Crippen molar-refractivity contribution < 1.29 is 0 Å². The Balaban J connectivity index is 1.95. The van der Waals surface area contributed by atoms with Gasteiger partial charge in [-0.1, -0.05) is 24.3 Å². The molecule has 0 bridgehead atoms. The van der Waals surface area contributed by atoms with Gasteiger partial charge in [-0.2, -0.15) is 5.10 Å². The Bertz CT molecular complexity index is 728. The molecule has 1 aromatic carbocycles. The van der Waals surface area contributed by atoms with E-state index in [1.54, 1.807) is 11.3 Å². The van der Waals surface area contributed by atoms with Crippen LogP contribution in [0.4, 0.5) is 5.69 Å². The topological polar surface area (TPSA) is 29.9 Å². The van der Waals surface area contributed by atoms with Crippen molar-refractivity contribution in [3.8, 4) is 11.3 Å². The van der Waals surface area contributed by atoms with Crippen LogP contribution in [0.25, 0.3) is 11.3 Å². The lowest BCUT2D eigenvalue weighted by atomic mass is 10.1. The average molecular weight is 267 g/mol. The van der Waals surface area contributed by atoms with Crippen LogP contribution >= 0.6 is 11.3 Å². The lowest BCUT2D eigenvalue weighted by molar-refractivity contribution is 0.579. The molecule has 4 heteroatoms. The Morgan fingerprint density at radius 1 is 1.21 bits per heavy atom. The van der Waals surface area contributed by atoms with Crippen LogP contribution in [-0.2, 0) is 0 Å². The molecule has 1 atom stereocenters. The van der Waals surface area contributed by atoms with Crippen LogP contribution in [-0.4, -0.2) is 9.78 Å². The molecule has 0 fully saturated rings. The van der Waals surface area contributed by atoms with E-state index in [0.717, 1.165) is 5.69 Å². The molecule has 0 aliphatic carbocycles. The van der Waals surface area contributed by atoms with E-state index in [0.29, 0.717) is 0 Å². The van der Waals surface area contributed by atoms with Gasteiger partial charge in [0.2, 0.25) is 0 Å². The number of nitrogens with zero attached hydrogens (tertiary/aromatic N) is 2. The Hall–Kier alpha value is -2.07. The number of hydrogen-bond acceptors (Lipinski definition) is 3. The first-order valence-electron chi connectivity index (χ1n) is 6.28. The first-order valence-corrected chi connectivity index (χ1v) is 7.16. The van der Waals surface area contributed by atoms with Gasteiger partial charge in [-0.25, -0.2) is 4.68 Å². The summed E-state index contributed by atoms with van der Waals surface area (Å²) in [5, 5.41) is 10.3. The van der Waals surface area contributed by atoms with Crippen LogP contribution in [0, 0.1) is 6.92 Å². The minimum Gasteiger partial charge on any atom is -0.359 e. The number of anilines is 1. The van der Waals surface area contributed by atoms with E-state index >= 15 is 0 Å². The van der Waals surface area contributed by atoms with Gasteiger partial charge in [0.1, 0.15) is 0 Å². The third-order valence-corrected chi connectivity index (χ3v) is 4.34. The maximum atomic E-state index is 4.65. The van der Waals surface area contributed by atoms with E-state index in [9.17, 15) is 0 Å². The van der Waals surface area contributed by atoms with E-state index in [1.807, 2.05) is 6.92 Å². The number of benzene rings is 1. The van der Waals surface area contributed by atoms with E-state index in [2.05, 4.69) is 62.9 Å². The lowest BCUT2D eigenvalue weighted by Crippen LogP contribution is -2.24. The summed E-state index contributed by atoms with van der Waals surface area (Å²) in [5.74, 6) is 0. The number of thiophene rings is 1. The van der Waals surface area contributed by atoms with Crippen LogP contribution in [0.15, 0.2) is 47.8 Å². The second kappa shape index (κ2) is 3.96. The van der Waals surface area contributed by atoms with Crippen LogP contribution in [0.1, 0.15) is 16.7 Å². The molecule has 1 aliphatic rings. The fraction of sp³-hybridized carbons (Fsp3) is 0.133. The molecule has 0 unspecified atom stereocenters. The minimum atomic E-state index is 0.0959. The summed E-state index contributed by atoms with van der Waals surface area (Å²) >= 11 is 1.75. The van der Waals surface area contributed by atoms with Gasteiger partial charge in [0.05, 0.1) is 11.4 Å². The smallest absolute Gasteiger partial charge is 0.156 e. The molecule has 0 spiro atoms. The molecule has 0 saturated carbocycles. The van der Waals surface area contributed by atoms with E-state index in [4.69, 9.17) is 0 Å². The summed E-state index contributed by atoms with van der Waals surface area (Å²) in [4.78, 5) is 1.28. The normalized spacial score (nSPS) is 16.6. The van der Waals surface area contributed by atoms with Gasteiger partial charge in [-0.3, -0.25) is 0 Å². The zero-order valence-electron chi connectivity index (χ0n) is 10.5. The van der Waals surface area contributed by atoms with Crippen molar-refractivity contribution in [3.63, 3.8) is 0 Å². The van der Waals surface area contributed by atoms with Gasteiger partial charge in [-0.05, 0) is 30.5 Å².